The zero-order valence-corrected chi connectivity index (χ0v) is 34.2. The highest BCUT2D eigenvalue weighted by Gasteiger charge is 2.22. The SMILES string of the molecule is C1=CC(c2cccc3ccccc23)CC=C1N(c1ccc(-c2ccccc2-n2c3ccccc3c3ccc4ccccc4c32)cc1)c1cccc(-c2cccc3ccccc23)c1. The van der Waals surface area contributed by atoms with Gasteiger partial charge in [-0.3, -0.25) is 0 Å². The predicted molar refractivity (Wildman–Crippen MR) is 264 cm³/mol. The molecule has 12 rings (SSSR count). The van der Waals surface area contributed by atoms with Gasteiger partial charge in [0.15, 0.2) is 0 Å². The van der Waals surface area contributed by atoms with Crippen molar-refractivity contribution in [2.45, 2.75) is 12.3 Å². The summed E-state index contributed by atoms with van der Waals surface area (Å²) in [5.41, 5.74) is 13.2. The molecule has 0 amide bonds. The van der Waals surface area contributed by atoms with Crippen LogP contribution in [0.1, 0.15) is 17.9 Å². The molecule has 1 aliphatic rings. The molecule has 1 aromatic heterocycles. The lowest BCUT2D eigenvalue weighted by Gasteiger charge is -2.30. The monoisotopic (exact) mass is 790 g/mol. The van der Waals surface area contributed by atoms with Gasteiger partial charge in [-0.05, 0) is 98.1 Å². The number of nitrogens with zero attached hydrogens (tertiary/aromatic N) is 2. The normalized spacial score (nSPS) is 13.9. The highest BCUT2D eigenvalue weighted by atomic mass is 15.1. The topological polar surface area (TPSA) is 8.17 Å². The lowest BCUT2D eigenvalue weighted by molar-refractivity contribution is 0.847. The molecule has 1 heterocycles. The number of benzene rings is 10. The standard InChI is InChI=1S/C60H42N2/c1-4-21-50-41(14-1)17-12-26-52(50)44-30-35-47(36-31-44)61(49-20-11-19-46(40-49)53-27-13-18-42-15-2-5-22-51(42)53)48-37-32-45(33-38-48)54-23-7-9-28-58(54)62-59-29-10-8-25-56(59)57-39-34-43-16-3-6-24-55(43)60(57)62/h1-30,32-40,44H,31H2. The van der Waals surface area contributed by atoms with Crippen LogP contribution < -0.4 is 4.90 Å². The Kier molecular flexibility index (Phi) is 8.67. The van der Waals surface area contributed by atoms with E-state index in [0.717, 1.165) is 17.8 Å². The van der Waals surface area contributed by atoms with Gasteiger partial charge in [-0.25, -0.2) is 0 Å². The lowest BCUT2D eigenvalue weighted by atomic mass is 9.88. The molecule has 0 aliphatic heterocycles. The van der Waals surface area contributed by atoms with E-state index in [4.69, 9.17) is 0 Å². The highest BCUT2D eigenvalue weighted by molar-refractivity contribution is 6.19. The van der Waals surface area contributed by atoms with E-state index in [0.29, 0.717) is 5.92 Å². The van der Waals surface area contributed by atoms with E-state index in [2.05, 4.69) is 246 Å². The maximum absolute atomic E-state index is 2.48. The molecule has 1 atom stereocenters. The van der Waals surface area contributed by atoms with Crippen molar-refractivity contribution in [3.8, 4) is 27.9 Å². The number of aromatic nitrogens is 1. The van der Waals surface area contributed by atoms with Gasteiger partial charge in [-0.1, -0.05) is 194 Å². The molecule has 0 saturated carbocycles. The molecular weight excluding hydrogens is 749 g/mol. The third kappa shape index (κ3) is 6.03. The molecule has 0 N–H and O–H groups in total. The van der Waals surface area contributed by atoms with Crippen LogP contribution in [0.3, 0.4) is 0 Å². The Hall–Kier alpha value is -7.94. The Morgan fingerprint density at radius 1 is 0.419 bits per heavy atom. The first kappa shape index (κ1) is 36.0. The summed E-state index contributed by atoms with van der Waals surface area (Å²) >= 11 is 0. The molecule has 62 heavy (non-hydrogen) atoms. The summed E-state index contributed by atoms with van der Waals surface area (Å²) in [6.07, 6.45) is 8.07. The third-order valence-corrected chi connectivity index (χ3v) is 12.9. The van der Waals surface area contributed by atoms with E-state index in [-0.39, 0.29) is 0 Å². The second kappa shape index (κ2) is 15.0. The van der Waals surface area contributed by atoms with E-state index in [1.165, 1.54) is 93.3 Å². The van der Waals surface area contributed by atoms with Gasteiger partial charge in [-0.2, -0.15) is 0 Å². The zero-order valence-electron chi connectivity index (χ0n) is 34.2. The summed E-state index contributed by atoms with van der Waals surface area (Å²) in [6, 6.07) is 79.9. The number of hydrogen-bond donors (Lipinski definition) is 0. The van der Waals surface area contributed by atoms with Gasteiger partial charge < -0.3 is 9.47 Å². The summed E-state index contributed by atoms with van der Waals surface area (Å²) < 4.78 is 2.48. The molecule has 1 unspecified atom stereocenters. The first-order valence-corrected chi connectivity index (χ1v) is 21.6. The van der Waals surface area contributed by atoms with Gasteiger partial charge in [0.05, 0.1) is 16.7 Å². The van der Waals surface area contributed by atoms with Crippen LogP contribution in [0.4, 0.5) is 11.4 Å². The second-order valence-corrected chi connectivity index (χ2v) is 16.4. The van der Waals surface area contributed by atoms with Crippen LogP contribution in [0, 0.1) is 0 Å². The number of para-hydroxylation sites is 2. The molecule has 0 radical (unpaired) electrons. The largest absolute Gasteiger partial charge is 0.311 e. The van der Waals surface area contributed by atoms with Crippen molar-refractivity contribution in [1.29, 1.82) is 0 Å². The summed E-state index contributed by atoms with van der Waals surface area (Å²) in [7, 11) is 0. The van der Waals surface area contributed by atoms with Crippen molar-refractivity contribution in [3.05, 3.63) is 248 Å². The summed E-state index contributed by atoms with van der Waals surface area (Å²) in [4.78, 5) is 2.43. The number of hydrogen-bond acceptors (Lipinski definition) is 1. The van der Waals surface area contributed by atoms with Crippen LogP contribution in [0.2, 0.25) is 0 Å². The van der Waals surface area contributed by atoms with Crippen molar-refractivity contribution in [2.24, 2.45) is 0 Å². The Balaban J connectivity index is 0.976. The van der Waals surface area contributed by atoms with Gasteiger partial charge >= 0.3 is 0 Å². The highest BCUT2D eigenvalue weighted by Crippen LogP contribution is 2.42. The number of fused-ring (bicyclic) bond motifs is 7. The minimum atomic E-state index is 0.297. The van der Waals surface area contributed by atoms with Gasteiger partial charge in [0.2, 0.25) is 0 Å². The van der Waals surface area contributed by atoms with Gasteiger partial charge in [-0.15, -0.1) is 0 Å². The molecule has 2 nitrogen and oxygen atoms in total. The van der Waals surface area contributed by atoms with Crippen molar-refractivity contribution >= 4 is 65.5 Å². The summed E-state index contributed by atoms with van der Waals surface area (Å²) in [5.74, 6) is 0.297. The first-order chi connectivity index (χ1) is 30.8. The zero-order chi connectivity index (χ0) is 41.0. The maximum atomic E-state index is 2.48. The third-order valence-electron chi connectivity index (χ3n) is 12.9. The van der Waals surface area contributed by atoms with Gasteiger partial charge in [0, 0.05) is 44.7 Å². The summed E-state index contributed by atoms with van der Waals surface area (Å²) in [5, 5.41) is 10.1. The van der Waals surface area contributed by atoms with E-state index in [1.807, 2.05) is 0 Å². The van der Waals surface area contributed by atoms with Crippen molar-refractivity contribution in [2.75, 3.05) is 4.90 Å². The second-order valence-electron chi connectivity index (χ2n) is 16.4. The molecule has 0 bridgehead atoms. The number of allylic oxidation sites excluding steroid dienone is 3. The fourth-order valence-corrected chi connectivity index (χ4v) is 10.00. The van der Waals surface area contributed by atoms with Crippen LogP contribution >= 0.6 is 0 Å². The van der Waals surface area contributed by atoms with E-state index in [1.54, 1.807) is 0 Å². The average molecular weight is 791 g/mol. The average Bonchev–Trinajstić information content (AvgIpc) is 3.69. The van der Waals surface area contributed by atoms with E-state index in [9.17, 15) is 0 Å². The lowest BCUT2D eigenvalue weighted by Crippen LogP contribution is -2.17. The Bertz CT molecular complexity index is 3560. The van der Waals surface area contributed by atoms with E-state index >= 15 is 0 Å². The fourth-order valence-electron chi connectivity index (χ4n) is 10.00. The molecular formula is C60H42N2. The van der Waals surface area contributed by atoms with Crippen LogP contribution in [-0.4, -0.2) is 4.57 Å². The van der Waals surface area contributed by atoms with Crippen LogP contribution in [0.15, 0.2) is 242 Å². The predicted octanol–water partition coefficient (Wildman–Crippen LogP) is 16.3. The smallest absolute Gasteiger partial charge is 0.0619 e. The van der Waals surface area contributed by atoms with Crippen LogP contribution in [0.5, 0.6) is 0 Å². The molecule has 0 fully saturated rings. The first-order valence-electron chi connectivity index (χ1n) is 21.6. The van der Waals surface area contributed by atoms with Crippen LogP contribution in [-0.2, 0) is 0 Å². The molecule has 0 spiro atoms. The minimum absolute atomic E-state index is 0.297. The Labute approximate surface area is 361 Å². The molecule has 10 aromatic carbocycles. The number of anilines is 2. The van der Waals surface area contributed by atoms with E-state index < -0.39 is 0 Å². The maximum Gasteiger partial charge on any atom is 0.0619 e. The van der Waals surface area contributed by atoms with Crippen molar-refractivity contribution in [1.82, 2.24) is 4.57 Å². The quantitative estimate of drug-likeness (QED) is 0.156. The van der Waals surface area contributed by atoms with Crippen LogP contribution in [0.25, 0.3) is 82.1 Å². The molecule has 0 saturated heterocycles. The number of rotatable bonds is 7. The molecule has 1 aliphatic carbocycles. The Morgan fingerprint density at radius 2 is 1.05 bits per heavy atom. The summed E-state index contributed by atoms with van der Waals surface area (Å²) in [6.45, 7) is 0. The van der Waals surface area contributed by atoms with Gasteiger partial charge in [0.1, 0.15) is 0 Å². The molecule has 11 aromatic rings. The molecule has 292 valence electrons. The minimum Gasteiger partial charge on any atom is -0.311 e. The van der Waals surface area contributed by atoms with Crippen molar-refractivity contribution in [3.63, 3.8) is 0 Å². The van der Waals surface area contributed by atoms with Crippen molar-refractivity contribution < 1.29 is 0 Å². The fraction of sp³-hybridized carbons (Fsp3) is 0.0333. The Morgan fingerprint density at radius 3 is 1.85 bits per heavy atom. The molecule has 2 heteroatoms. The van der Waals surface area contributed by atoms with Gasteiger partial charge in [0.25, 0.3) is 0 Å².